The first-order valence-electron chi connectivity index (χ1n) is 5.76. The number of hydrogen-bond acceptors (Lipinski definition) is 3. The molecule has 0 bridgehead atoms. The summed E-state index contributed by atoms with van der Waals surface area (Å²) in [5.41, 5.74) is 0.681. The Morgan fingerprint density at radius 1 is 1.17 bits per heavy atom. The molecule has 18 heavy (non-hydrogen) atoms. The summed E-state index contributed by atoms with van der Waals surface area (Å²) in [6.07, 6.45) is 1.87. The quantitative estimate of drug-likeness (QED) is 0.910. The lowest BCUT2D eigenvalue weighted by Crippen LogP contribution is -1.97. The van der Waals surface area contributed by atoms with E-state index in [9.17, 15) is 9.50 Å². The van der Waals surface area contributed by atoms with Gasteiger partial charge >= 0.3 is 0 Å². The van der Waals surface area contributed by atoms with Gasteiger partial charge in [0.2, 0.25) is 0 Å². The highest BCUT2D eigenvalue weighted by atomic mass is 32.2. The molecule has 4 heteroatoms. The number of pyridine rings is 1. The van der Waals surface area contributed by atoms with Crippen LogP contribution in [0.5, 0.6) is 0 Å². The normalized spacial score (nSPS) is 12.4. The molecule has 1 heterocycles. The van der Waals surface area contributed by atoms with Crippen molar-refractivity contribution in [2.45, 2.75) is 29.2 Å². The van der Waals surface area contributed by atoms with Crippen molar-refractivity contribution in [3.63, 3.8) is 0 Å². The summed E-state index contributed by atoms with van der Waals surface area (Å²) in [5, 5.41) is 9.63. The number of aliphatic hydroxyl groups is 1. The fourth-order valence-corrected chi connectivity index (χ4v) is 2.28. The van der Waals surface area contributed by atoms with Crippen molar-refractivity contribution in [2.75, 3.05) is 0 Å². The summed E-state index contributed by atoms with van der Waals surface area (Å²) in [5.74, 6) is -0.237. The molecule has 0 aliphatic heterocycles. The molecule has 94 valence electrons. The van der Waals surface area contributed by atoms with Gasteiger partial charge in [0.05, 0.1) is 11.8 Å². The van der Waals surface area contributed by atoms with Gasteiger partial charge in [-0.3, -0.25) is 4.98 Å². The largest absolute Gasteiger partial charge is 0.387 e. The Labute approximate surface area is 110 Å². The van der Waals surface area contributed by atoms with Crippen molar-refractivity contribution < 1.29 is 9.50 Å². The molecule has 0 saturated heterocycles. The van der Waals surface area contributed by atoms with Crippen molar-refractivity contribution in [2.24, 2.45) is 0 Å². The minimum absolute atomic E-state index is 0.237. The minimum atomic E-state index is -0.505. The van der Waals surface area contributed by atoms with E-state index in [4.69, 9.17) is 0 Å². The van der Waals surface area contributed by atoms with E-state index in [1.54, 1.807) is 18.3 Å². The third kappa shape index (κ3) is 3.31. The zero-order valence-electron chi connectivity index (χ0n) is 10.0. The minimum Gasteiger partial charge on any atom is -0.387 e. The van der Waals surface area contributed by atoms with E-state index in [0.717, 1.165) is 9.79 Å². The van der Waals surface area contributed by atoms with Crippen LogP contribution in [-0.4, -0.2) is 10.1 Å². The topological polar surface area (TPSA) is 33.1 Å². The molecule has 1 aromatic heterocycles. The third-order valence-corrected chi connectivity index (χ3v) is 3.52. The van der Waals surface area contributed by atoms with Crippen molar-refractivity contribution >= 4 is 11.8 Å². The van der Waals surface area contributed by atoms with Gasteiger partial charge in [-0.2, -0.15) is 0 Å². The predicted octanol–water partition coefficient (Wildman–Crippen LogP) is 3.82. The van der Waals surface area contributed by atoms with E-state index in [2.05, 4.69) is 4.98 Å². The van der Waals surface area contributed by atoms with E-state index in [0.29, 0.717) is 12.1 Å². The van der Waals surface area contributed by atoms with Crippen LogP contribution in [0, 0.1) is 5.82 Å². The van der Waals surface area contributed by atoms with Crippen molar-refractivity contribution in [3.05, 3.63) is 54.1 Å². The Morgan fingerprint density at radius 2 is 1.83 bits per heavy atom. The van der Waals surface area contributed by atoms with Gasteiger partial charge in [0.1, 0.15) is 5.82 Å². The molecule has 0 radical (unpaired) electrons. The number of hydrogen-bond donors (Lipinski definition) is 1. The van der Waals surface area contributed by atoms with Gasteiger partial charge in [0.15, 0.2) is 0 Å². The van der Waals surface area contributed by atoms with Gasteiger partial charge < -0.3 is 5.11 Å². The standard InChI is InChI=1S/C14H14FNOS/c1-2-14(17)13-8-7-12(9-16-13)18-11-5-3-10(15)4-6-11/h3-9,14,17H,2H2,1H3. The smallest absolute Gasteiger partial charge is 0.123 e. The van der Waals surface area contributed by atoms with E-state index in [1.807, 2.05) is 19.1 Å². The second-order valence-electron chi connectivity index (χ2n) is 3.90. The SMILES string of the molecule is CCC(O)c1ccc(Sc2ccc(F)cc2)cn1. The van der Waals surface area contributed by atoms with E-state index in [1.165, 1.54) is 23.9 Å². The van der Waals surface area contributed by atoms with Crippen LogP contribution in [0.4, 0.5) is 4.39 Å². The summed E-state index contributed by atoms with van der Waals surface area (Å²) in [6, 6.07) is 10.1. The third-order valence-electron chi connectivity index (χ3n) is 2.54. The summed E-state index contributed by atoms with van der Waals surface area (Å²) >= 11 is 1.51. The Kier molecular flexibility index (Phi) is 4.33. The number of halogens is 1. The number of aromatic nitrogens is 1. The average molecular weight is 263 g/mol. The molecule has 0 spiro atoms. The van der Waals surface area contributed by atoms with Crippen LogP contribution in [0.25, 0.3) is 0 Å². The van der Waals surface area contributed by atoms with Crippen molar-refractivity contribution in [3.8, 4) is 0 Å². The average Bonchev–Trinajstić information content (AvgIpc) is 2.41. The summed E-state index contributed by atoms with van der Waals surface area (Å²) in [4.78, 5) is 6.14. The molecular formula is C14H14FNOS. The number of rotatable bonds is 4. The lowest BCUT2D eigenvalue weighted by atomic mass is 10.2. The molecule has 0 aliphatic rings. The van der Waals surface area contributed by atoms with Crippen molar-refractivity contribution in [1.82, 2.24) is 4.98 Å². The number of nitrogens with zero attached hydrogens (tertiary/aromatic N) is 1. The molecule has 2 aromatic rings. The first-order chi connectivity index (χ1) is 8.69. The molecule has 1 unspecified atom stereocenters. The maximum Gasteiger partial charge on any atom is 0.123 e. The van der Waals surface area contributed by atoms with Crippen molar-refractivity contribution in [1.29, 1.82) is 0 Å². The molecule has 0 fully saturated rings. The van der Waals surface area contributed by atoms with Crippen LogP contribution in [0.1, 0.15) is 25.1 Å². The lowest BCUT2D eigenvalue weighted by Gasteiger charge is -2.07. The van der Waals surface area contributed by atoms with Crippen LogP contribution < -0.4 is 0 Å². The molecule has 0 aliphatic carbocycles. The zero-order valence-corrected chi connectivity index (χ0v) is 10.8. The predicted molar refractivity (Wildman–Crippen MR) is 70.0 cm³/mol. The molecule has 2 rings (SSSR count). The van der Waals surface area contributed by atoms with Crippen LogP contribution in [0.3, 0.4) is 0 Å². The molecule has 1 aromatic carbocycles. The number of aliphatic hydroxyl groups excluding tert-OH is 1. The Bertz CT molecular complexity index is 498. The lowest BCUT2D eigenvalue weighted by molar-refractivity contribution is 0.169. The van der Waals surface area contributed by atoms with Crippen LogP contribution in [-0.2, 0) is 0 Å². The first-order valence-corrected chi connectivity index (χ1v) is 6.58. The van der Waals surface area contributed by atoms with Gasteiger partial charge in [0.25, 0.3) is 0 Å². The van der Waals surface area contributed by atoms with E-state index in [-0.39, 0.29) is 5.82 Å². The van der Waals surface area contributed by atoms with Crippen LogP contribution >= 0.6 is 11.8 Å². The molecular weight excluding hydrogens is 249 g/mol. The molecule has 2 nitrogen and oxygen atoms in total. The second-order valence-corrected chi connectivity index (χ2v) is 5.05. The van der Waals surface area contributed by atoms with Gasteiger partial charge in [-0.1, -0.05) is 18.7 Å². The highest BCUT2D eigenvalue weighted by Gasteiger charge is 2.06. The van der Waals surface area contributed by atoms with E-state index >= 15 is 0 Å². The summed E-state index contributed by atoms with van der Waals surface area (Å²) < 4.78 is 12.8. The summed E-state index contributed by atoms with van der Waals surface area (Å²) in [7, 11) is 0. The fraction of sp³-hybridized carbons (Fsp3) is 0.214. The van der Waals surface area contributed by atoms with Gasteiger partial charge in [0, 0.05) is 16.0 Å². The molecule has 0 saturated carbocycles. The van der Waals surface area contributed by atoms with Crippen LogP contribution in [0.2, 0.25) is 0 Å². The maximum atomic E-state index is 12.8. The fourth-order valence-electron chi connectivity index (χ4n) is 1.50. The highest BCUT2D eigenvalue weighted by molar-refractivity contribution is 7.99. The zero-order chi connectivity index (χ0) is 13.0. The molecule has 1 atom stereocenters. The number of benzene rings is 1. The Morgan fingerprint density at radius 3 is 2.39 bits per heavy atom. The monoisotopic (exact) mass is 263 g/mol. The van der Waals surface area contributed by atoms with Gasteiger partial charge in [-0.05, 0) is 42.8 Å². The Hall–Kier alpha value is -1.39. The Balaban J connectivity index is 2.08. The van der Waals surface area contributed by atoms with Crippen LogP contribution in [0.15, 0.2) is 52.4 Å². The first kappa shape index (κ1) is 13.1. The summed E-state index contributed by atoms with van der Waals surface area (Å²) in [6.45, 7) is 1.91. The van der Waals surface area contributed by atoms with Gasteiger partial charge in [-0.25, -0.2) is 4.39 Å². The second kappa shape index (κ2) is 5.98. The molecule has 0 amide bonds. The maximum absolute atomic E-state index is 12.8. The molecule has 1 N–H and O–H groups in total. The highest BCUT2D eigenvalue weighted by Crippen LogP contribution is 2.27. The van der Waals surface area contributed by atoms with Gasteiger partial charge in [-0.15, -0.1) is 0 Å². The van der Waals surface area contributed by atoms with E-state index < -0.39 is 6.10 Å².